The van der Waals surface area contributed by atoms with Crippen LogP contribution in [-0.4, -0.2) is 36.1 Å². The molecule has 0 radical (unpaired) electrons. The molecule has 112 valence electrons. The van der Waals surface area contributed by atoms with Gasteiger partial charge in [-0.25, -0.2) is 19.2 Å². The van der Waals surface area contributed by atoms with E-state index >= 15 is 0 Å². The van der Waals surface area contributed by atoms with Crippen molar-refractivity contribution in [2.45, 2.75) is 19.8 Å². The highest BCUT2D eigenvalue weighted by Gasteiger charge is 2.07. The van der Waals surface area contributed by atoms with Gasteiger partial charge in [-0.1, -0.05) is 13.3 Å². The number of carbonyl (C=O) groups excluding carboxylic acids is 3. The molecule has 0 heterocycles. The summed E-state index contributed by atoms with van der Waals surface area (Å²) in [6, 6.07) is -1.67. The van der Waals surface area contributed by atoms with Crippen LogP contribution in [0.2, 0.25) is 0 Å². The lowest BCUT2D eigenvalue weighted by atomic mass is 10.4. The van der Waals surface area contributed by atoms with Crippen LogP contribution < -0.4 is 22.9 Å². The van der Waals surface area contributed by atoms with Crippen LogP contribution in [-0.2, 0) is 9.47 Å². The first kappa shape index (κ1) is 21.6. The predicted molar refractivity (Wildman–Crippen MR) is 62.9 cm³/mol. The molecule has 0 saturated carbocycles. The monoisotopic (exact) mass is 282 g/mol. The van der Waals surface area contributed by atoms with E-state index in [4.69, 9.17) is 14.7 Å². The average molecular weight is 282 g/mol. The number of rotatable bonds is 3. The Balaban J connectivity index is -0.000000264. The van der Waals surface area contributed by atoms with E-state index in [0.717, 1.165) is 6.42 Å². The van der Waals surface area contributed by atoms with Gasteiger partial charge in [-0.3, -0.25) is 0 Å². The first-order chi connectivity index (χ1) is 8.63. The fraction of sp³-hybridized carbons (Fsp3) is 0.500. The summed E-state index contributed by atoms with van der Waals surface area (Å²) in [5, 5.41) is 7.92. The van der Waals surface area contributed by atoms with E-state index in [1.807, 2.05) is 6.92 Å². The third-order valence-corrected chi connectivity index (χ3v) is 0.888. The Bertz CT molecular complexity index is 275. The van der Waals surface area contributed by atoms with E-state index in [1.54, 1.807) is 0 Å². The molecule has 0 saturated heterocycles. The Morgan fingerprint density at radius 1 is 1.00 bits per heavy atom. The lowest BCUT2D eigenvalue weighted by Gasteiger charge is -1.99. The van der Waals surface area contributed by atoms with Gasteiger partial charge < -0.3 is 37.5 Å². The zero-order chi connectivity index (χ0) is 15.8. The molecule has 0 aliphatic carbocycles. The van der Waals surface area contributed by atoms with Crippen LogP contribution in [0.5, 0.6) is 0 Å². The molecule has 0 spiro atoms. The van der Waals surface area contributed by atoms with Gasteiger partial charge in [-0.2, -0.15) is 0 Å². The molecule has 0 fully saturated rings. The number of primary amides is 4. The molecule has 9 N–H and O–H groups in total. The standard InChI is InChI=1S/C6H10O5.2CH4N2O/c1-2-3-4-10-6(9)11-5(7)8;2*2-1(3)4/h2-4H2,1H3,(H,7,8);2*(H4,2,3,4). The van der Waals surface area contributed by atoms with Gasteiger partial charge in [0.2, 0.25) is 0 Å². The molecular weight excluding hydrogens is 264 g/mol. The van der Waals surface area contributed by atoms with Crippen LogP contribution in [0.25, 0.3) is 0 Å². The summed E-state index contributed by atoms with van der Waals surface area (Å²) in [6.45, 7) is 2.12. The second-order valence-corrected chi connectivity index (χ2v) is 2.62. The van der Waals surface area contributed by atoms with E-state index in [9.17, 15) is 9.59 Å². The number of unbranched alkanes of at least 4 members (excludes halogenated alkanes) is 1. The summed E-state index contributed by atoms with van der Waals surface area (Å²) in [5.41, 5.74) is 17.0. The average Bonchev–Trinajstić information content (AvgIpc) is 2.14. The van der Waals surface area contributed by atoms with E-state index in [2.05, 4.69) is 32.4 Å². The summed E-state index contributed by atoms with van der Waals surface area (Å²) in [5.74, 6) is 0. The Labute approximate surface area is 108 Å². The van der Waals surface area contributed by atoms with Gasteiger partial charge in [0.05, 0.1) is 6.61 Å². The molecule has 19 heavy (non-hydrogen) atoms. The molecule has 11 nitrogen and oxygen atoms in total. The number of urea groups is 2. The van der Waals surface area contributed by atoms with E-state index in [0.29, 0.717) is 6.42 Å². The Morgan fingerprint density at radius 2 is 1.37 bits per heavy atom. The van der Waals surface area contributed by atoms with E-state index in [1.165, 1.54) is 0 Å². The van der Waals surface area contributed by atoms with Gasteiger partial charge in [0.25, 0.3) is 0 Å². The highest BCUT2D eigenvalue weighted by atomic mass is 16.8. The fourth-order valence-corrected chi connectivity index (χ4v) is 0.401. The van der Waals surface area contributed by atoms with Crippen LogP contribution in [0.4, 0.5) is 19.2 Å². The fourth-order valence-electron chi connectivity index (χ4n) is 0.401. The second-order valence-electron chi connectivity index (χ2n) is 2.62. The smallest absolute Gasteiger partial charge is 0.449 e. The van der Waals surface area contributed by atoms with Crippen LogP contribution in [0.3, 0.4) is 0 Å². The molecule has 0 rings (SSSR count). The van der Waals surface area contributed by atoms with Gasteiger partial charge in [0.15, 0.2) is 0 Å². The molecule has 0 unspecified atom stereocenters. The SMILES string of the molecule is CCCCOC(=O)OC(=O)O.NC(N)=O.NC(N)=O. The van der Waals surface area contributed by atoms with Gasteiger partial charge >= 0.3 is 24.4 Å². The quantitative estimate of drug-likeness (QED) is 0.263. The number of carboxylic acid groups (broad SMARTS) is 1. The maximum atomic E-state index is 10.3. The van der Waals surface area contributed by atoms with Crippen LogP contribution in [0.1, 0.15) is 19.8 Å². The molecule has 0 aliphatic rings. The zero-order valence-electron chi connectivity index (χ0n) is 10.3. The minimum atomic E-state index is -1.65. The minimum Gasteiger partial charge on any atom is -0.449 e. The highest BCUT2D eigenvalue weighted by Crippen LogP contribution is 1.91. The molecule has 0 aromatic heterocycles. The van der Waals surface area contributed by atoms with Crippen LogP contribution >= 0.6 is 0 Å². The van der Waals surface area contributed by atoms with Crippen molar-refractivity contribution in [3.8, 4) is 0 Å². The van der Waals surface area contributed by atoms with Crippen molar-refractivity contribution in [3.63, 3.8) is 0 Å². The lowest BCUT2D eigenvalue weighted by Crippen LogP contribution is -2.18. The summed E-state index contributed by atoms with van der Waals surface area (Å²) < 4.78 is 8.00. The number of hydrogen-bond donors (Lipinski definition) is 5. The molecular formula is C8H18N4O7. The Morgan fingerprint density at radius 3 is 1.63 bits per heavy atom. The molecule has 0 bridgehead atoms. The molecule has 0 aliphatic heterocycles. The summed E-state index contributed by atoms with van der Waals surface area (Å²) in [4.78, 5) is 38.0. The van der Waals surface area contributed by atoms with Crippen LogP contribution in [0.15, 0.2) is 0 Å². The van der Waals surface area contributed by atoms with E-state index in [-0.39, 0.29) is 6.61 Å². The predicted octanol–water partition coefficient (Wildman–Crippen LogP) is -0.335. The third-order valence-electron chi connectivity index (χ3n) is 0.888. The normalized spacial score (nSPS) is 7.63. The largest absolute Gasteiger partial charge is 0.518 e. The van der Waals surface area contributed by atoms with Crippen molar-refractivity contribution < 1.29 is 33.8 Å². The summed E-state index contributed by atoms with van der Waals surface area (Å²) in [7, 11) is 0. The number of carbonyl (C=O) groups is 4. The topological polar surface area (TPSA) is 211 Å². The van der Waals surface area contributed by atoms with Gasteiger partial charge in [0.1, 0.15) is 0 Å². The summed E-state index contributed by atoms with van der Waals surface area (Å²) in [6.07, 6.45) is -1.23. The maximum absolute atomic E-state index is 10.3. The number of nitrogens with two attached hydrogens (primary N) is 4. The van der Waals surface area contributed by atoms with E-state index < -0.39 is 24.4 Å². The van der Waals surface area contributed by atoms with Crippen molar-refractivity contribution in [2.75, 3.05) is 6.61 Å². The van der Waals surface area contributed by atoms with Crippen molar-refractivity contribution >= 4 is 24.4 Å². The second kappa shape index (κ2) is 15.3. The van der Waals surface area contributed by atoms with Gasteiger partial charge in [0, 0.05) is 0 Å². The number of hydrogen-bond acceptors (Lipinski definition) is 6. The maximum Gasteiger partial charge on any atom is 0.518 e. The lowest BCUT2D eigenvalue weighted by molar-refractivity contribution is 0.0540. The third kappa shape index (κ3) is 68.3. The van der Waals surface area contributed by atoms with Crippen LogP contribution in [0, 0.1) is 0 Å². The van der Waals surface area contributed by atoms with Crippen molar-refractivity contribution in [3.05, 3.63) is 0 Å². The molecule has 0 aromatic rings. The number of ether oxygens (including phenoxy) is 2. The first-order valence-electron chi connectivity index (χ1n) is 4.80. The molecule has 11 heteroatoms. The molecule has 0 atom stereocenters. The van der Waals surface area contributed by atoms with Gasteiger partial charge in [-0.15, -0.1) is 0 Å². The Hall–Kier alpha value is -2.72. The van der Waals surface area contributed by atoms with Crippen molar-refractivity contribution in [1.29, 1.82) is 0 Å². The van der Waals surface area contributed by atoms with Crippen molar-refractivity contribution in [1.82, 2.24) is 0 Å². The zero-order valence-corrected chi connectivity index (χ0v) is 10.3. The summed E-state index contributed by atoms with van der Waals surface area (Å²) >= 11 is 0. The molecule has 4 amide bonds. The first-order valence-corrected chi connectivity index (χ1v) is 4.80. The minimum absolute atomic E-state index is 0.197. The van der Waals surface area contributed by atoms with Gasteiger partial charge in [-0.05, 0) is 6.42 Å². The number of amides is 4. The molecule has 0 aromatic carbocycles. The highest BCUT2D eigenvalue weighted by molar-refractivity contribution is 5.75. The van der Waals surface area contributed by atoms with Crippen molar-refractivity contribution in [2.24, 2.45) is 22.9 Å². The Kier molecular flexibility index (Phi) is 17.3.